The summed E-state index contributed by atoms with van der Waals surface area (Å²) < 4.78 is 6.54. The molecule has 1 rings (SSSR count). The second kappa shape index (κ2) is 6.08. The predicted octanol–water partition coefficient (Wildman–Crippen LogP) is 6.39. The summed E-state index contributed by atoms with van der Waals surface area (Å²) in [4.78, 5) is 0. The molecule has 3 heteroatoms. The van der Waals surface area contributed by atoms with Crippen molar-refractivity contribution in [2.24, 2.45) is 0 Å². The molecule has 1 nitrogen and oxygen atoms in total. The average Bonchev–Trinajstić information content (AvgIpc) is 2.23. The summed E-state index contributed by atoms with van der Waals surface area (Å²) in [7, 11) is -1.66. The minimum atomic E-state index is -1.66. The van der Waals surface area contributed by atoms with Gasteiger partial charge in [0, 0.05) is 5.33 Å². The maximum absolute atomic E-state index is 6.54. The lowest BCUT2D eigenvalue weighted by Crippen LogP contribution is -2.32. The number of rotatable bonds is 3. The Labute approximate surface area is 140 Å². The third-order valence-electron chi connectivity index (χ3n) is 3.33. The number of benzene rings is 1. The van der Waals surface area contributed by atoms with E-state index in [9.17, 15) is 0 Å². The molecule has 21 heavy (non-hydrogen) atoms. The SMILES string of the molecule is CC(C)(C)c1cc(CBr)cc(C(C)(C)C)c1O[Si](C)(C)C. The first kappa shape index (κ1) is 18.8. The Morgan fingerprint density at radius 1 is 0.905 bits per heavy atom. The van der Waals surface area contributed by atoms with Crippen LogP contribution in [0.25, 0.3) is 0 Å². The summed E-state index contributed by atoms with van der Waals surface area (Å²) >= 11 is 3.61. The van der Waals surface area contributed by atoms with Crippen molar-refractivity contribution in [3.8, 4) is 5.75 Å². The van der Waals surface area contributed by atoms with E-state index in [1.807, 2.05) is 0 Å². The van der Waals surface area contributed by atoms with Crippen LogP contribution in [0.2, 0.25) is 19.6 Å². The molecule has 0 aliphatic carbocycles. The summed E-state index contributed by atoms with van der Waals surface area (Å²) in [6, 6.07) is 4.61. The van der Waals surface area contributed by atoms with Gasteiger partial charge in [-0.15, -0.1) is 0 Å². The van der Waals surface area contributed by atoms with Crippen LogP contribution >= 0.6 is 15.9 Å². The van der Waals surface area contributed by atoms with Gasteiger partial charge in [-0.2, -0.15) is 0 Å². The lowest BCUT2D eigenvalue weighted by molar-refractivity contribution is 0.477. The van der Waals surface area contributed by atoms with Gasteiger partial charge in [0.1, 0.15) is 5.75 Å². The van der Waals surface area contributed by atoms with Gasteiger partial charge in [0.25, 0.3) is 0 Å². The Kier molecular flexibility index (Phi) is 5.43. The van der Waals surface area contributed by atoms with Gasteiger partial charge in [0.2, 0.25) is 8.32 Å². The molecule has 0 amide bonds. The molecule has 0 spiro atoms. The summed E-state index contributed by atoms with van der Waals surface area (Å²) in [6.07, 6.45) is 0. The monoisotopic (exact) mass is 370 g/mol. The molecule has 0 aliphatic rings. The van der Waals surface area contributed by atoms with Crippen molar-refractivity contribution in [2.45, 2.75) is 77.3 Å². The van der Waals surface area contributed by atoms with E-state index in [2.05, 4.69) is 89.2 Å². The van der Waals surface area contributed by atoms with Gasteiger partial charge >= 0.3 is 0 Å². The quantitative estimate of drug-likeness (QED) is 0.442. The van der Waals surface area contributed by atoms with Crippen LogP contribution in [-0.2, 0) is 16.2 Å². The molecule has 1 aromatic rings. The number of halogens is 1. The molecule has 0 radical (unpaired) electrons. The summed E-state index contributed by atoms with van der Waals surface area (Å²) in [5.41, 5.74) is 4.13. The predicted molar refractivity (Wildman–Crippen MR) is 100 cm³/mol. The molecule has 1 aromatic carbocycles. The first-order chi connectivity index (χ1) is 9.25. The molecule has 0 bridgehead atoms. The van der Waals surface area contributed by atoms with E-state index in [1.165, 1.54) is 16.7 Å². The minimum absolute atomic E-state index is 0.0766. The van der Waals surface area contributed by atoms with Crippen molar-refractivity contribution in [3.63, 3.8) is 0 Å². The Balaban J connectivity index is 3.68. The van der Waals surface area contributed by atoms with Crippen LogP contribution in [0.1, 0.15) is 58.2 Å². The second-order valence-corrected chi connectivity index (χ2v) is 13.9. The fourth-order valence-electron chi connectivity index (χ4n) is 2.30. The lowest BCUT2D eigenvalue weighted by Gasteiger charge is -2.34. The highest BCUT2D eigenvalue weighted by molar-refractivity contribution is 9.08. The van der Waals surface area contributed by atoms with Gasteiger partial charge in [-0.1, -0.05) is 69.6 Å². The summed E-state index contributed by atoms with van der Waals surface area (Å²) in [5, 5.41) is 0.881. The van der Waals surface area contributed by atoms with Crippen molar-refractivity contribution >= 4 is 24.2 Å². The van der Waals surface area contributed by atoms with Crippen molar-refractivity contribution < 1.29 is 4.43 Å². The lowest BCUT2D eigenvalue weighted by atomic mass is 9.78. The largest absolute Gasteiger partial charge is 0.544 e. The Morgan fingerprint density at radius 2 is 1.29 bits per heavy atom. The topological polar surface area (TPSA) is 9.23 Å². The van der Waals surface area contributed by atoms with E-state index < -0.39 is 8.32 Å². The highest BCUT2D eigenvalue weighted by Crippen LogP contribution is 2.42. The Hall–Kier alpha value is -0.283. The second-order valence-electron chi connectivity index (χ2n) is 8.87. The molecular formula is C18H31BrOSi. The molecule has 0 aromatic heterocycles. The Morgan fingerprint density at radius 3 is 1.52 bits per heavy atom. The van der Waals surface area contributed by atoms with E-state index >= 15 is 0 Å². The molecule has 0 heterocycles. The van der Waals surface area contributed by atoms with Crippen LogP contribution < -0.4 is 4.43 Å². The number of hydrogen-bond acceptors (Lipinski definition) is 1. The molecular weight excluding hydrogens is 340 g/mol. The molecule has 0 saturated carbocycles. The van der Waals surface area contributed by atoms with E-state index in [0.717, 1.165) is 11.1 Å². The van der Waals surface area contributed by atoms with E-state index in [0.29, 0.717) is 0 Å². The molecule has 0 aliphatic heterocycles. The highest BCUT2D eigenvalue weighted by Gasteiger charge is 2.30. The van der Waals surface area contributed by atoms with Gasteiger partial charge in [-0.3, -0.25) is 0 Å². The van der Waals surface area contributed by atoms with E-state index in [-0.39, 0.29) is 10.8 Å². The van der Waals surface area contributed by atoms with E-state index in [4.69, 9.17) is 4.43 Å². The number of alkyl halides is 1. The standard InChI is InChI=1S/C18H31BrOSi/c1-17(2,3)14-10-13(12-19)11-15(18(4,5)6)16(14)20-21(7,8)9/h10-11H,12H2,1-9H3. The van der Waals surface area contributed by atoms with Gasteiger partial charge in [0.15, 0.2) is 0 Å². The first-order valence-electron chi connectivity index (χ1n) is 7.68. The van der Waals surface area contributed by atoms with Crippen LogP contribution in [0.4, 0.5) is 0 Å². The molecule has 120 valence electrons. The van der Waals surface area contributed by atoms with E-state index in [1.54, 1.807) is 0 Å². The third-order valence-corrected chi connectivity index (χ3v) is 4.79. The summed E-state index contributed by atoms with van der Waals surface area (Å²) in [6.45, 7) is 20.4. The molecule has 0 saturated heterocycles. The maximum atomic E-state index is 6.54. The van der Waals surface area contributed by atoms with Crippen molar-refractivity contribution in [3.05, 3.63) is 28.8 Å². The van der Waals surface area contributed by atoms with Crippen molar-refractivity contribution in [1.82, 2.24) is 0 Å². The van der Waals surface area contributed by atoms with Gasteiger partial charge in [0.05, 0.1) is 0 Å². The third kappa shape index (κ3) is 5.13. The van der Waals surface area contributed by atoms with Crippen LogP contribution in [-0.4, -0.2) is 8.32 Å². The van der Waals surface area contributed by atoms with Crippen molar-refractivity contribution in [1.29, 1.82) is 0 Å². The van der Waals surface area contributed by atoms with Gasteiger partial charge in [-0.05, 0) is 47.2 Å². The van der Waals surface area contributed by atoms with Gasteiger partial charge in [-0.25, -0.2) is 0 Å². The van der Waals surface area contributed by atoms with Crippen LogP contribution in [0.5, 0.6) is 5.75 Å². The van der Waals surface area contributed by atoms with Crippen LogP contribution in [0.15, 0.2) is 12.1 Å². The van der Waals surface area contributed by atoms with Crippen LogP contribution in [0, 0.1) is 0 Å². The van der Waals surface area contributed by atoms with Crippen LogP contribution in [0.3, 0.4) is 0 Å². The van der Waals surface area contributed by atoms with Gasteiger partial charge < -0.3 is 4.43 Å². The highest BCUT2D eigenvalue weighted by atomic mass is 79.9. The molecule has 0 N–H and O–H groups in total. The Bertz CT molecular complexity index is 466. The molecule has 0 unspecified atom stereocenters. The van der Waals surface area contributed by atoms with Crippen molar-refractivity contribution in [2.75, 3.05) is 0 Å². The summed E-state index contributed by atoms with van der Waals surface area (Å²) in [5.74, 6) is 1.12. The zero-order valence-electron chi connectivity index (χ0n) is 15.1. The normalized spacial score (nSPS) is 13.4. The maximum Gasteiger partial charge on any atom is 0.242 e. The first-order valence-corrected chi connectivity index (χ1v) is 12.2. The molecule has 0 atom stereocenters. The minimum Gasteiger partial charge on any atom is -0.544 e. The smallest absolute Gasteiger partial charge is 0.242 e. The fraction of sp³-hybridized carbons (Fsp3) is 0.667. The number of hydrogen-bond donors (Lipinski definition) is 0. The zero-order chi connectivity index (χ0) is 16.6. The fourth-order valence-corrected chi connectivity index (χ4v) is 3.45. The zero-order valence-corrected chi connectivity index (χ0v) is 17.7. The molecule has 0 fully saturated rings. The average molecular weight is 371 g/mol.